The van der Waals surface area contributed by atoms with E-state index in [1.165, 1.54) is 13.8 Å². The maximum atomic E-state index is 14.2. The highest BCUT2D eigenvalue weighted by Crippen LogP contribution is 2.39. The van der Waals surface area contributed by atoms with Gasteiger partial charge in [-0.1, -0.05) is 52.4 Å². The van der Waals surface area contributed by atoms with Gasteiger partial charge in [0.1, 0.15) is 88.6 Å². The van der Waals surface area contributed by atoms with Gasteiger partial charge >= 0.3 is 6.09 Å². The summed E-state index contributed by atoms with van der Waals surface area (Å²) in [5.41, 5.74) is -2.93. The molecule has 121 heavy (non-hydrogen) atoms. The third-order valence-electron chi connectivity index (χ3n) is 19.8. The third kappa shape index (κ3) is 33.3. The summed E-state index contributed by atoms with van der Waals surface area (Å²) in [7, 11) is 0. The largest absolute Gasteiger partial charge is 0.445 e. The molecule has 13 atom stereocenters. The molecule has 4 bridgehead atoms. The van der Waals surface area contributed by atoms with Gasteiger partial charge in [0.25, 0.3) is 0 Å². The minimum Gasteiger partial charge on any atom is -0.445 e. The predicted octanol–water partition coefficient (Wildman–Crippen LogP) is -4.47. The molecule has 3 aromatic heterocycles. The van der Waals surface area contributed by atoms with Crippen LogP contribution in [-0.4, -0.2) is 400 Å². The van der Waals surface area contributed by atoms with E-state index in [-0.39, 0.29) is 157 Å². The fourth-order valence-corrected chi connectivity index (χ4v) is 13.4. The molecule has 5 fully saturated rings. The molecule has 11 N–H and O–H groups in total. The van der Waals surface area contributed by atoms with Crippen LogP contribution in [0.25, 0.3) is 0 Å². The number of hydrogen-bond acceptors (Lipinski definition) is 38. The Bertz CT molecular complexity index is 3410. The minimum atomic E-state index is -1.39. The zero-order chi connectivity index (χ0) is 85.8. The molecule has 5 saturated heterocycles. The molecule has 0 radical (unpaired) electrons. The number of hydrogen-bond donors (Lipinski definition) is 11. The second-order valence-corrected chi connectivity index (χ2v) is 29.6. The van der Waals surface area contributed by atoms with Gasteiger partial charge in [0.05, 0.1) is 269 Å². The normalized spacial score (nSPS) is 24.9. The first kappa shape index (κ1) is 98.0. The number of benzene rings is 1. The highest BCUT2D eigenvalue weighted by Gasteiger charge is 2.61. The van der Waals surface area contributed by atoms with Crippen molar-refractivity contribution in [2.24, 2.45) is 0 Å². The molecule has 45 nitrogen and oxygen atoms in total. The van der Waals surface area contributed by atoms with Crippen molar-refractivity contribution >= 4 is 23.8 Å². The summed E-state index contributed by atoms with van der Waals surface area (Å²) in [5, 5.41) is 110. The van der Waals surface area contributed by atoms with Crippen LogP contribution in [-0.2, 0) is 160 Å². The topological polar surface area (TPSA) is 544 Å². The molecule has 5 aliphatic heterocycles. The molecule has 684 valence electrons. The number of carbonyl (C=O) groups excluding carboxylic acids is 4. The zero-order valence-electron chi connectivity index (χ0n) is 68.9. The van der Waals surface area contributed by atoms with E-state index < -0.39 is 108 Å². The van der Waals surface area contributed by atoms with Crippen molar-refractivity contribution in [3.63, 3.8) is 0 Å². The van der Waals surface area contributed by atoms with Gasteiger partial charge in [0.2, 0.25) is 17.7 Å². The number of nitrogens with zero attached hydrogens (tertiary/aromatic N) is 9. The van der Waals surface area contributed by atoms with E-state index in [1.54, 1.807) is 32.6 Å². The van der Waals surface area contributed by atoms with Gasteiger partial charge in [-0.2, -0.15) is 0 Å². The highest BCUT2D eigenvalue weighted by atomic mass is 16.8. The number of amides is 4. The quantitative estimate of drug-likeness (QED) is 0.0186. The Morgan fingerprint density at radius 2 is 0.884 bits per heavy atom. The van der Waals surface area contributed by atoms with Gasteiger partial charge in [-0.15, -0.1) is 15.3 Å². The summed E-state index contributed by atoms with van der Waals surface area (Å²) in [6.07, 6.45) is -2.74. The number of ether oxygens (including phenoxy) is 21. The summed E-state index contributed by atoms with van der Waals surface area (Å²) < 4.78 is 126. The van der Waals surface area contributed by atoms with Crippen molar-refractivity contribution in [1.82, 2.24) is 66.2 Å². The molecule has 0 aliphatic carbocycles. The first-order valence-electron chi connectivity index (χ1n) is 40.9. The Balaban J connectivity index is 0.703. The molecule has 4 amide bonds. The number of aliphatic hydroxyl groups excluding tert-OH is 7. The van der Waals surface area contributed by atoms with Crippen LogP contribution in [0.4, 0.5) is 4.79 Å². The summed E-state index contributed by atoms with van der Waals surface area (Å²) in [6.45, 7) is 8.88. The van der Waals surface area contributed by atoms with E-state index in [1.807, 2.05) is 30.3 Å². The first-order chi connectivity index (χ1) is 58.8. The zero-order valence-corrected chi connectivity index (χ0v) is 68.9. The number of carbonyl (C=O) groups is 4. The van der Waals surface area contributed by atoms with Gasteiger partial charge < -0.3 is 156 Å². The first-order valence-corrected chi connectivity index (χ1v) is 40.9. The van der Waals surface area contributed by atoms with E-state index in [2.05, 4.69) is 52.2 Å². The van der Waals surface area contributed by atoms with Crippen LogP contribution < -0.4 is 21.3 Å². The van der Waals surface area contributed by atoms with E-state index in [0.717, 1.165) is 5.56 Å². The standard InChI is InChI=1S/C76H123N13O32/c1-55(91)78-63-65(95)68(98)75(53-117-70(63)120-75)51-111-37-34-108-31-28-105-25-22-102-19-15-88-40-59(82-85-88)44-114-48-73(80-62(94)11-7-4-8-13-77-72(100)116-42-57-9-5-3-6-10-57,47-113-43-58-39-87(84-81-58)14-18-101-21-24-104-27-30-107-33-36-110-50-74(46-90)67(97)61(93)12-17-119-74)49-115-45-60-41-89(86-83-60)16-20-103-23-26-106-29-32-109-35-38-112-52-76-54-118-71(121-76)64(79-56(2)92)66(96)69(76)99/h3,5-6,9-10,39-41,61,63-71,90,93,95-99H,4,7-8,11-38,42-54H2,1-2H3,(H,77,100)(H,78,91)(H,79,92)(H,80,94)/t61-,63-,64-,65-,66-,67-,68-,69-,70+,71+,74-,75+,76+/m1/s1. The Labute approximate surface area is 700 Å². The Morgan fingerprint density at radius 3 is 1.29 bits per heavy atom. The summed E-state index contributed by atoms with van der Waals surface area (Å²) >= 11 is 0. The Hall–Kier alpha value is -6.76. The van der Waals surface area contributed by atoms with Crippen LogP contribution in [0, 0.1) is 0 Å². The van der Waals surface area contributed by atoms with Crippen molar-refractivity contribution in [3.05, 3.63) is 71.6 Å². The van der Waals surface area contributed by atoms with Crippen molar-refractivity contribution in [2.75, 3.05) is 211 Å². The van der Waals surface area contributed by atoms with E-state index in [4.69, 9.17) is 99.5 Å². The monoisotopic (exact) mass is 1730 g/mol. The maximum Gasteiger partial charge on any atom is 0.407 e. The molecule has 4 aromatic rings. The summed E-state index contributed by atoms with van der Waals surface area (Å²) in [6, 6.07) is 7.52. The number of nitrogens with one attached hydrogen (secondary N) is 4. The smallest absolute Gasteiger partial charge is 0.407 e. The van der Waals surface area contributed by atoms with Crippen LogP contribution >= 0.6 is 0 Å². The molecule has 0 saturated carbocycles. The fraction of sp³-hybridized carbons (Fsp3) is 0.789. The Morgan fingerprint density at radius 1 is 0.488 bits per heavy atom. The number of alkyl carbamates (subject to hydrolysis) is 1. The minimum absolute atomic E-state index is 0.0161. The van der Waals surface area contributed by atoms with Gasteiger partial charge in [0.15, 0.2) is 12.6 Å². The van der Waals surface area contributed by atoms with Gasteiger partial charge in [-0.05, 0) is 24.8 Å². The molecule has 0 unspecified atom stereocenters. The molecule has 45 heteroatoms. The lowest BCUT2D eigenvalue weighted by molar-refractivity contribution is -0.238. The van der Waals surface area contributed by atoms with E-state index >= 15 is 0 Å². The third-order valence-corrected chi connectivity index (χ3v) is 19.8. The van der Waals surface area contributed by atoms with Crippen molar-refractivity contribution in [2.45, 2.75) is 176 Å². The number of aliphatic hydroxyl groups is 7. The number of rotatable bonds is 66. The molecular formula is C76H123N13O32. The van der Waals surface area contributed by atoms with Crippen LogP contribution in [0.2, 0.25) is 0 Å². The van der Waals surface area contributed by atoms with Crippen LogP contribution in [0.3, 0.4) is 0 Å². The average Bonchev–Trinajstić information content (AvgIpc) is 1.62. The van der Waals surface area contributed by atoms with Crippen LogP contribution in [0.5, 0.6) is 0 Å². The molecule has 8 heterocycles. The second kappa shape index (κ2) is 53.5. The van der Waals surface area contributed by atoms with Gasteiger partial charge in [0, 0.05) is 26.8 Å². The van der Waals surface area contributed by atoms with Crippen LogP contribution in [0.15, 0.2) is 48.9 Å². The lowest BCUT2D eigenvalue weighted by Gasteiger charge is -2.42. The van der Waals surface area contributed by atoms with Gasteiger partial charge in [-0.3, -0.25) is 14.4 Å². The average molecular weight is 1730 g/mol. The summed E-state index contributed by atoms with van der Waals surface area (Å²) in [4.78, 5) is 49.8. The number of fused-ring (bicyclic) bond motifs is 4. The molecular weight excluding hydrogens is 1610 g/mol. The van der Waals surface area contributed by atoms with E-state index in [9.17, 15) is 54.9 Å². The van der Waals surface area contributed by atoms with Crippen molar-refractivity contribution in [1.29, 1.82) is 0 Å². The Kier molecular flexibility index (Phi) is 43.4. The fourth-order valence-electron chi connectivity index (χ4n) is 13.4. The lowest BCUT2D eigenvalue weighted by Crippen LogP contribution is -2.66. The van der Waals surface area contributed by atoms with Crippen LogP contribution in [0.1, 0.15) is 68.6 Å². The predicted molar refractivity (Wildman–Crippen MR) is 412 cm³/mol. The molecule has 9 rings (SSSR count). The second-order valence-electron chi connectivity index (χ2n) is 29.6. The molecule has 1 aromatic carbocycles. The van der Waals surface area contributed by atoms with Gasteiger partial charge in [-0.25, -0.2) is 18.8 Å². The van der Waals surface area contributed by atoms with Crippen molar-refractivity contribution in [3.8, 4) is 0 Å². The highest BCUT2D eigenvalue weighted by molar-refractivity contribution is 5.77. The SMILES string of the molecule is CC(=O)N[C@H]1[C@H]2OC[C@](COCCOCCOCCOCCn3cc(COCC(COCc4cn(CCOCCOCCOCCOC[C@@]56CO[C@@H](O5)[C@H](NC(C)=O)[C@@H](O)[C@H]6O)nn4)(COCc4cn(CCOCCOCCOCCOC[C@@]5(CO)OCC[C@@H](O)[C@H]5O)nn4)NC(=O)CCCCCNC(=O)OCc4ccccc4)nn3)(O2)[C@H](O)[C@@H]1O. The lowest BCUT2D eigenvalue weighted by atomic mass is 9.88. The van der Waals surface area contributed by atoms with Crippen molar-refractivity contribution < 1.29 is 154 Å². The molecule has 0 spiro atoms. The number of unbranched alkanes of at least 4 members (excludes halogenated alkanes) is 2. The maximum absolute atomic E-state index is 14.2. The summed E-state index contributed by atoms with van der Waals surface area (Å²) in [5.74, 6) is -1.10. The molecule has 5 aliphatic rings. The number of aromatic nitrogens is 9. The van der Waals surface area contributed by atoms with E-state index in [0.29, 0.717) is 148 Å².